The van der Waals surface area contributed by atoms with Gasteiger partial charge in [-0.2, -0.15) is 18.2 Å². The molecule has 9 heteroatoms. The molecule has 158 valence electrons. The molecule has 0 spiro atoms. The van der Waals surface area contributed by atoms with Crippen LogP contribution in [0.15, 0.2) is 42.6 Å². The van der Waals surface area contributed by atoms with Crippen LogP contribution in [-0.4, -0.2) is 17.1 Å². The molecule has 0 saturated carbocycles. The maximum absolute atomic E-state index is 13.2. The molecule has 3 aromatic rings. The molecule has 2 aromatic carbocycles. The molecule has 0 bridgehead atoms. The largest absolute Gasteiger partial charge is 0.496 e. The molecular weight excluding hydrogens is 397 g/mol. The summed E-state index contributed by atoms with van der Waals surface area (Å²) < 4.78 is 50.9. The fourth-order valence-corrected chi connectivity index (χ4v) is 2.97. The van der Waals surface area contributed by atoms with Crippen LogP contribution in [0.1, 0.15) is 30.9 Å². The molecule has 30 heavy (non-hydrogen) atoms. The second-order valence-corrected chi connectivity index (χ2v) is 6.90. The lowest BCUT2D eigenvalue weighted by Crippen LogP contribution is -2.05. The smallest absolute Gasteiger partial charge is 0.416 e. The molecule has 0 unspecified atom stereocenters. The quantitative estimate of drug-likeness (QED) is 0.587. The molecule has 3 rings (SSSR count). The molecule has 0 fully saturated rings. The Morgan fingerprint density at radius 2 is 1.73 bits per heavy atom. The van der Waals surface area contributed by atoms with Crippen LogP contribution in [0, 0.1) is 0 Å². The van der Waals surface area contributed by atoms with E-state index in [1.807, 2.05) is 13.8 Å². The highest BCUT2D eigenvalue weighted by atomic mass is 19.4. The SMILES string of the molecule is COc1cc(C(C)C)c(Oc2cnc(N)nc2N)cc1-c1cccc(C(F)(F)F)c1. The topological polar surface area (TPSA) is 96.3 Å². The molecule has 0 amide bonds. The van der Waals surface area contributed by atoms with Gasteiger partial charge in [-0.3, -0.25) is 0 Å². The molecule has 0 radical (unpaired) electrons. The third-order valence-electron chi connectivity index (χ3n) is 4.48. The van der Waals surface area contributed by atoms with Crippen molar-refractivity contribution in [3.8, 4) is 28.4 Å². The van der Waals surface area contributed by atoms with Crippen LogP contribution in [0.5, 0.6) is 17.2 Å². The second-order valence-electron chi connectivity index (χ2n) is 6.90. The third-order valence-corrected chi connectivity index (χ3v) is 4.48. The van der Waals surface area contributed by atoms with E-state index in [9.17, 15) is 13.2 Å². The van der Waals surface area contributed by atoms with E-state index in [-0.39, 0.29) is 23.4 Å². The molecule has 6 nitrogen and oxygen atoms in total. The summed E-state index contributed by atoms with van der Waals surface area (Å²) in [6.45, 7) is 3.91. The highest BCUT2D eigenvalue weighted by Crippen LogP contribution is 2.42. The first-order valence-electron chi connectivity index (χ1n) is 9.05. The number of hydrogen-bond donors (Lipinski definition) is 2. The fraction of sp³-hybridized carbons (Fsp3) is 0.238. The molecule has 0 atom stereocenters. The maximum Gasteiger partial charge on any atom is 0.416 e. The van der Waals surface area contributed by atoms with Crippen LogP contribution in [0.2, 0.25) is 0 Å². The van der Waals surface area contributed by atoms with Crippen molar-refractivity contribution < 1.29 is 22.6 Å². The minimum Gasteiger partial charge on any atom is -0.496 e. The van der Waals surface area contributed by atoms with Gasteiger partial charge in [0.25, 0.3) is 0 Å². The van der Waals surface area contributed by atoms with Gasteiger partial charge in [0.15, 0.2) is 11.6 Å². The van der Waals surface area contributed by atoms with E-state index in [4.69, 9.17) is 20.9 Å². The van der Waals surface area contributed by atoms with Gasteiger partial charge in [-0.05, 0) is 35.7 Å². The van der Waals surface area contributed by atoms with Gasteiger partial charge < -0.3 is 20.9 Å². The van der Waals surface area contributed by atoms with Gasteiger partial charge in [-0.25, -0.2) is 4.98 Å². The van der Waals surface area contributed by atoms with E-state index in [0.29, 0.717) is 22.6 Å². The number of nitrogens with two attached hydrogens (primary N) is 2. The summed E-state index contributed by atoms with van der Waals surface area (Å²) in [4.78, 5) is 7.74. The third kappa shape index (κ3) is 4.40. The number of ether oxygens (including phenoxy) is 2. The molecule has 4 N–H and O–H groups in total. The lowest BCUT2D eigenvalue weighted by molar-refractivity contribution is -0.137. The van der Waals surface area contributed by atoms with Crippen molar-refractivity contribution in [2.45, 2.75) is 25.9 Å². The number of nitrogen functional groups attached to an aromatic ring is 2. The second kappa shape index (κ2) is 8.10. The van der Waals surface area contributed by atoms with E-state index < -0.39 is 11.7 Å². The average Bonchev–Trinajstić information content (AvgIpc) is 2.69. The van der Waals surface area contributed by atoms with Crippen molar-refractivity contribution in [1.82, 2.24) is 9.97 Å². The van der Waals surface area contributed by atoms with Crippen LogP contribution in [0.3, 0.4) is 0 Å². The number of alkyl halides is 3. The number of benzene rings is 2. The summed E-state index contributed by atoms with van der Waals surface area (Å²) in [6, 6.07) is 8.37. The number of halogens is 3. The molecule has 0 saturated heterocycles. The van der Waals surface area contributed by atoms with Crippen molar-refractivity contribution >= 4 is 11.8 Å². The number of anilines is 2. The van der Waals surface area contributed by atoms with E-state index in [1.165, 1.54) is 19.4 Å². The Morgan fingerprint density at radius 3 is 2.33 bits per heavy atom. The Morgan fingerprint density at radius 1 is 1.00 bits per heavy atom. The van der Waals surface area contributed by atoms with Gasteiger partial charge in [0, 0.05) is 11.1 Å². The highest BCUT2D eigenvalue weighted by molar-refractivity contribution is 5.74. The predicted molar refractivity (Wildman–Crippen MR) is 108 cm³/mol. The van der Waals surface area contributed by atoms with Crippen molar-refractivity contribution in [3.05, 3.63) is 53.7 Å². The zero-order chi connectivity index (χ0) is 22.1. The Balaban J connectivity index is 2.16. The van der Waals surface area contributed by atoms with Gasteiger partial charge in [-0.15, -0.1) is 0 Å². The molecule has 1 heterocycles. The van der Waals surface area contributed by atoms with Crippen LogP contribution in [-0.2, 0) is 6.18 Å². The van der Waals surface area contributed by atoms with Gasteiger partial charge >= 0.3 is 6.18 Å². The molecule has 0 aliphatic rings. The zero-order valence-corrected chi connectivity index (χ0v) is 16.6. The lowest BCUT2D eigenvalue weighted by atomic mass is 9.95. The minimum absolute atomic E-state index is 0.00307. The zero-order valence-electron chi connectivity index (χ0n) is 16.6. The number of aromatic nitrogens is 2. The Bertz CT molecular complexity index is 1070. The van der Waals surface area contributed by atoms with Gasteiger partial charge in [0.2, 0.25) is 5.95 Å². The molecule has 0 aliphatic heterocycles. The minimum atomic E-state index is -4.46. The maximum atomic E-state index is 13.2. The van der Waals surface area contributed by atoms with Gasteiger partial charge in [0.1, 0.15) is 11.5 Å². The predicted octanol–water partition coefficient (Wildman–Crippen LogP) is 5.25. The average molecular weight is 418 g/mol. The summed E-state index contributed by atoms with van der Waals surface area (Å²) in [5, 5.41) is 0. The number of methoxy groups -OCH3 is 1. The van der Waals surface area contributed by atoms with Crippen LogP contribution in [0.4, 0.5) is 24.9 Å². The Hall–Kier alpha value is -3.49. The van der Waals surface area contributed by atoms with Gasteiger partial charge in [-0.1, -0.05) is 26.0 Å². The van der Waals surface area contributed by atoms with Gasteiger partial charge in [0.05, 0.1) is 18.9 Å². The monoisotopic (exact) mass is 418 g/mol. The van der Waals surface area contributed by atoms with Crippen LogP contribution < -0.4 is 20.9 Å². The summed E-state index contributed by atoms with van der Waals surface area (Å²) >= 11 is 0. The normalized spacial score (nSPS) is 11.6. The fourth-order valence-electron chi connectivity index (χ4n) is 2.97. The molecule has 1 aromatic heterocycles. The van der Waals surface area contributed by atoms with Crippen LogP contribution >= 0.6 is 0 Å². The van der Waals surface area contributed by atoms with E-state index in [1.54, 1.807) is 18.2 Å². The Labute approximate surface area is 171 Å². The summed E-state index contributed by atoms with van der Waals surface area (Å²) in [5.41, 5.74) is 12.2. The van der Waals surface area contributed by atoms with Crippen molar-refractivity contribution in [1.29, 1.82) is 0 Å². The first-order chi connectivity index (χ1) is 14.1. The Kier molecular flexibility index (Phi) is 5.73. The van der Waals surface area contributed by atoms with Crippen molar-refractivity contribution in [3.63, 3.8) is 0 Å². The highest BCUT2D eigenvalue weighted by Gasteiger charge is 2.30. The summed E-state index contributed by atoms with van der Waals surface area (Å²) in [5.74, 6) is 1.09. The van der Waals surface area contributed by atoms with Crippen LogP contribution in [0.25, 0.3) is 11.1 Å². The van der Waals surface area contributed by atoms with Crippen molar-refractivity contribution in [2.24, 2.45) is 0 Å². The van der Waals surface area contributed by atoms with Crippen molar-refractivity contribution in [2.75, 3.05) is 18.6 Å². The first-order valence-corrected chi connectivity index (χ1v) is 9.05. The number of rotatable bonds is 5. The summed E-state index contributed by atoms with van der Waals surface area (Å²) in [7, 11) is 1.46. The molecule has 0 aliphatic carbocycles. The summed E-state index contributed by atoms with van der Waals surface area (Å²) in [6.07, 6.45) is -3.12. The van der Waals surface area contributed by atoms with E-state index in [2.05, 4.69) is 9.97 Å². The number of nitrogens with zero attached hydrogens (tertiary/aromatic N) is 2. The van der Waals surface area contributed by atoms with E-state index >= 15 is 0 Å². The molecular formula is C21H21F3N4O2. The first kappa shape index (κ1) is 21.2. The standard InChI is InChI=1S/C21H21F3N4O2/c1-11(2)14-8-16(29-3)15(12-5-4-6-13(7-12)21(22,23)24)9-17(14)30-18-10-27-20(26)28-19(18)25/h4-11H,1-3H3,(H4,25,26,27,28). The van der Waals surface area contributed by atoms with E-state index in [0.717, 1.165) is 17.7 Å². The number of hydrogen-bond acceptors (Lipinski definition) is 6. The lowest BCUT2D eigenvalue weighted by Gasteiger charge is -2.19.